The summed E-state index contributed by atoms with van der Waals surface area (Å²) < 4.78 is 2.46. The van der Waals surface area contributed by atoms with E-state index in [0.29, 0.717) is 0 Å². The number of para-hydroxylation sites is 3. The zero-order valence-corrected chi connectivity index (χ0v) is 35.7. The predicted octanol–water partition coefficient (Wildman–Crippen LogP) is 17.4. The van der Waals surface area contributed by atoms with Crippen LogP contribution in [0, 0.1) is 0 Å². The molecule has 0 bridgehead atoms. The summed E-state index contributed by atoms with van der Waals surface area (Å²) in [7, 11) is 0. The Bertz CT molecular complexity index is 3380. The summed E-state index contributed by atoms with van der Waals surface area (Å²) in [6.45, 7) is 0. The van der Waals surface area contributed by atoms with Crippen LogP contribution < -0.4 is 9.80 Å². The first-order valence-corrected chi connectivity index (χ1v) is 22.3. The van der Waals surface area contributed by atoms with Crippen LogP contribution in [-0.4, -0.2) is 4.57 Å². The largest absolute Gasteiger partial charge is 0.310 e. The summed E-state index contributed by atoms with van der Waals surface area (Å²) in [4.78, 5) is 4.86. The van der Waals surface area contributed by atoms with Crippen LogP contribution in [-0.2, 0) is 0 Å². The summed E-state index contributed by atoms with van der Waals surface area (Å²) in [5, 5.41) is 7.17. The van der Waals surface area contributed by atoms with E-state index in [0.717, 1.165) is 50.8 Å². The summed E-state index contributed by atoms with van der Waals surface area (Å²) in [5.74, 6) is 0. The van der Waals surface area contributed by atoms with E-state index in [1.165, 1.54) is 54.6 Å². The predicted molar refractivity (Wildman–Crippen MR) is 276 cm³/mol. The van der Waals surface area contributed by atoms with Crippen molar-refractivity contribution in [3.05, 3.63) is 261 Å². The van der Waals surface area contributed by atoms with Gasteiger partial charge in [0, 0.05) is 50.0 Å². The van der Waals surface area contributed by atoms with E-state index in [1.54, 1.807) is 0 Å². The van der Waals surface area contributed by atoms with E-state index in [9.17, 15) is 0 Å². The molecule has 65 heavy (non-hydrogen) atoms. The molecule has 0 aliphatic rings. The summed E-state index contributed by atoms with van der Waals surface area (Å²) in [6, 6.07) is 94.4. The van der Waals surface area contributed by atoms with Crippen LogP contribution in [0.4, 0.5) is 34.1 Å². The van der Waals surface area contributed by atoms with Gasteiger partial charge in [0.2, 0.25) is 0 Å². The number of benzene rings is 11. The molecule has 0 amide bonds. The number of anilines is 6. The first kappa shape index (κ1) is 38.0. The molecular weight excluding hydrogens is 787 g/mol. The van der Waals surface area contributed by atoms with Crippen molar-refractivity contribution in [3.63, 3.8) is 0 Å². The van der Waals surface area contributed by atoms with Crippen LogP contribution in [0.3, 0.4) is 0 Å². The molecule has 3 nitrogen and oxygen atoms in total. The third-order valence-electron chi connectivity index (χ3n) is 12.7. The van der Waals surface area contributed by atoms with Crippen LogP contribution in [0.25, 0.3) is 71.3 Å². The van der Waals surface area contributed by atoms with Gasteiger partial charge in [-0.2, -0.15) is 0 Å². The molecule has 0 unspecified atom stereocenters. The highest BCUT2D eigenvalue weighted by molar-refractivity contribution is 6.33. The molecule has 3 heteroatoms. The smallest absolute Gasteiger partial charge is 0.0548 e. The fourth-order valence-electron chi connectivity index (χ4n) is 9.81. The van der Waals surface area contributed by atoms with Gasteiger partial charge in [-0.05, 0) is 118 Å². The third-order valence-corrected chi connectivity index (χ3v) is 12.7. The van der Waals surface area contributed by atoms with Gasteiger partial charge in [0.1, 0.15) is 0 Å². The topological polar surface area (TPSA) is 11.4 Å². The molecule has 12 aromatic rings. The maximum absolute atomic E-state index is 2.46. The van der Waals surface area contributed by atoms with Gasteiger partial charge in [-0.25, -0.2) is 0 Å². The normalized spacial score (nSPS) is 11.4. The van der Waals surface area contributed by atoms with Gasteiger partial charge in [0.15, 0.2) is 0 Å². The molecule has 1 heterocycles. The van der Waals surface area contributed by atoms with Gasteiger partial charge < -0.3 is 14.4 Å². The second kappa shape index (κ2) is 16.2. The summed E-state index contributed by atoms with van der Waals surface area (Å²) >= 11 is 0. The van der Waals surface area contributed by atoms with Crippen molar-refractivity contribution in [1.29, 1.82) is 0 Å². The van der Waals surface area contributed by atoms with Gasteiger partial charge in [0.25, 0.3) is 0 Å². The quantitative estimate of drug-likeness (QED) is 0.144. The lowest BCUT2D eigenvalue weighted by Crippen LogP contribution is -2.11. The van der Waals surface area contributed by atoms with E-state index in [2.05, 4.69) is 275 Å². The molecule has 0 aliphatic heterocycles. The standard InChI is InChI=1S/C62H43N3/c1-6-18-44(19-7-1)46-32-38-53(39-33-46)63(50-24-10-3-11-25-50)55-30-16-22-48-36-42-57-61(59(48)55)62-58(65(57)52-28-14-5-15-29-52)43-37-49-23-17-31-56(60(49)62)64(51-26-12-4-13-27-51)54-40-34-47(35-41-54)45-20-8-2-9-21-45/h1-43H. The van der Waals surface area contributed by atoms with E-state index in [4.69, 9.17) is 0 Å². The maximum Gasteiger partial charge on any atom is 0.0548 e. The van der Waals surface area contributed by atoms with Crippen LogP contribution in [0.15, 0.2) is 261 Å². The van der Waals surface area contributed by atoms with Crippen molar-refractivity contribution in [2.75, 3.05) is 9.80 Å². The Balaban J connectivity index is 1.18. The monoisotopic (exact) mass is 829 g/mol. The van der Waals surface area contributed by atoms with Crippen molar-refractivity contribution in [2.45, 2.75) is 0 Å². The lowest BCUT2D eigenvalue weighted by atomic mass is 9.96. The zero-order valence-electron chi connectivity index (χ0n) is 35.7. The molecule has 0 saturated carbocycles. The molecule has 0 aliphatic carbocycles. The van der Waals surface area contributed by atoms with Crippen molar-refractivity contribution >= 4 is 77.5 Å². The molecular formula is C62H43N3. The van der Waals surface area contributed by atoms with Crippen molar-refractivity contribution in [2.24, 2.45) is 0 Å². The number of hydrogen-bond donors (Lipinski definition) is 0. The minimum Gasteiger partial charge on any atom is -0.310 e. The number of aromatic nitrogens is 1. The fourth-order valence-corrected chi connectivity index (χ4v) is 9.81. The first-order chi connectivity index (χ1) is 32.3. The third kappa shape index (κ3) is 6.70. The number of hydrogen-bond acceptors (Lipinski definition) is 2. The lowest BCUT2D eigenvalue weighted by molar-refractivity contribution is 1.18. The maximum atomic E-state index is 2.46. The van der Waals surface area contributed by atoms with E-state index < -0.39 is 0 Å². The van der Waals surface area contributed by atoms with Gasteiger partial charge in [0.05, 0.1) is 22.4 Å². The molecule has 12 rings (SSSR count). The van der Waals surface area contributed by atoms with Gasteiger partial charge in [-0.15, -0.1) is 0 Å². The summed E-state index contributed by atoms with van der Waals surface area (Å²) in [6.07, 6.45) is 0. The number of fused-ring (bicyclic) bond motifs is 7. The van der Waals surface area contributed by atoms with Crippen LogP contribution >= 0.6 is 0 Å². The Morgan fingerprint density at radius 2 is 0.569 bits per heavy atom. The Hall–Kier alpha value is -8.66. The number of nitrogens with zero attached hydrogens (tertiary/aromatic N) is 3. The minimum absolute atomic E-state index is 1.09. The van der Waals surface area contributed by atoms with Gasteiger partial charge in [-0.1, -0.05) is 176 Å². The van der Waals surface area contributed by atoms with E-state index in [-0.39, 0.29) is 0 Å². The van der Waals surface area contributed by atoms with Crippen LogP contribution in [0.1, 0.15) is 0 Å². The highest BCUT2D eigenvalue weighted by atomic mass is 15.2. The Morgan fingerprint density at radius 1 is 0.231 bits per heavy atom. The second-order valence-corrected chi connectivity index (χ2v) is 16.5. The molecule has 1 aromatic heterocycles. The first-order valence-electron chi connectivity index (χ1n) is 22.3. The van der Waals surface area contributed by atoms with Crippen molar-refractivity contribution < 1.29 is 0 Å². The molecule has 0 saturated heterocycles. The highest BCUT2D eigenvalue weighted by Crippen LogP contribution is 2.49. The fraction of sp³-hybridized carbons (Fsp3) is 0. The molecule has 306 valence electrons. The minimum atomic E-state index is 1.09. The molecule has 0 fully saturated rings. The Kier molecular flexibility index (Phi) is 9.50. The molecule has 0 spiro atoms. The SMILES string of the molecule is c1ccc(-c2ccc(N(c3ccccc3)c3cccc4ccc5c(c34)c3c4c(N(c6ccccc6)c6ccc(-c7ccccc7)cc6)cccc4ccc3n5-c3ccccc3)cc2)cc1. The Labute approximate surface area is 378 Å². The van der Waals surface area contributed by atoms with E-state index >= 15 is 0 Å². The highest BCUT2D eigenvalue weighted by Gasteiger charge is 2.25. The van der Waals surface area contributed by atoms with Crippen LogP contribution in [0.5, 0.6) is 0 Å². The van der Waals surface area contributed by atoms with Gasteiger partial charge in [-0.3, -0.25) is 0 Å². The molecule has 0 radical (unpaired) electrons. The number of rotatable bonds is 9. The molecule has 0 N–H and O–H groups in total. The zero-order chi connectivity index (χ0) is 43.1. The van der Waals surface area contributed by atoms with Crippen molar-refractivity contribution in [3.8, 4) is 27.9 Å². The van der Waals surface area contributed by atoms with E-state index in [1.807, 2.05) is 0 Å². The Morgan fingerprint density at radius 3 is 0.969 bits per heavy atom. The molecule has 11 aromatic carbocycles. The average molecular weight is 830 g/mol. The summed E-state index contributed by atoms with van der Waals surface area (Å²) in [5.41, 5.74) is 14.8. The molecule has 0 atom stereocenters. The van der Waals surface area contributed by atoms with Gasteiger partial charge >= 0.3 is 0 Å². The second-order valence-electron chi connectivity index (χ2n) is 16.5. The van der Waals surface area contributed by atoms with Crippen molar-refractivity contribution in [1.82, 2.24) is 4.57 Å². The average Bonchev–Trinajstić information content (AvgIpc) is 3.73. The lowest BCUT2D eigenvalue weighted by Gasteiger charge is -2.28. The van der Waals surface area contributed by atoms with Crippen LogP contribution in [0.2, 0.25) is 0 Å².